The van der Waals surface area contributed by atoms with Crippen LogP contribution in [0.25, 0.3) is 0 Å². The number of hydrogen-bond donors (Lipinski definition) is 1. The lowest BCUT2D eigenvalue weighted by atomic mass is 9.97. The van der Waals surface area contributed by atoms with Gasteiger partial charge >= 0.3 is 0 Å². The van der Waals surface area contributed by atoms with Gasteiger partial charge in [0.2, 0.25) is 5.76 Å². The van der Waals surface area contributed by atoms with E-state index in [0.717, 1.165) is 25.8 Å². The van der Waals surface area contributed by atoms with Crippen molar-refractivity contribution in [2.45, 2.75) is 58.6 Å². The molecule has 0 radical (unpaired) electrons. The topological polar surface area (TPSA) is 66.6 Å². The molecule has 106 valence electrons. The first-order valence-corrected chi connectivity index (χ1v) is 6.92. The van der Waals surface area contributed by atoms with Gasteiger partial charge in [0.25, 0.3) is 5.91 Å². The zero-order valence-electron chi connectivity index (χ0n) is 11.8. The lowest BCUT2D eigenvalue weighted by Crippen LogP contribution is -2.45. The molecule has 5 heteroatoms. The molecule has 1 aliphatic heterocycles. The fourth-order valence-electron chi connectivity index (χ4n) is 2.77. The van der Waals surface area contributed by atoms with Gasteiger partial charge in [0.15, 0.2) is 5.89 Å². The predicted molar refractivity (Wildman–Crippen MR) is 71.0 cm³/mol. The predicted octanol–water partition coefficient (Wildman–Crippen LogP) is 2.06. The van der Waals surface area contributed by atoms with Gasteiger partial charge in [-0.3, -0.25) is 4.79 Å². The largest absolute Gasteiger partial charge is 0.436 e. The van der Waals surface area contributed by atoms with E-state index in [1.54, 1.807) is 20.8 Å². The van der Waals surface area contributed by atoms with Crippen LogP contribution in [0.2, 0.25) is 0 Å². The van der Waals surface area contributed by atoms with Crippen molar-refractivity contribution >= 4 is 5.91 Å². The van der Waals surface area contributed by atoms with E-state index in [-0.39, 0.29) is 11.9 Å². The number of aliphatic hydroxyl groups excluding tert-OH is 1. The van der Waals surface area contributed by atoms with Gasteiger partial charge in [-0.05, 0) is 39.5 Å². The van der Waals surface area contributed by atoms with Gasteiger partial charge < -0.3 is 14.4 Å². The number of rotatable bonds is 3. The lowest BCUT2D eigenvalue weighted by molar-refractivity contribution is 0.0483. The third kappa shape index (κ3) is 3.15. The summed E-state index contributed by atoms with van der Waals surface area (Å²) in [5, 5.41) is 9.56. The number of piperidine rings is 1. The van der Waals surface area contributed by atoms with Gasteiger partial charge in [0.1, 0.15) is 0 Å². The van der Waals surface area contributed by atoms with E-state index >= 15 is 0 Å². The Morgan fingerprint density at radius 1 is 1.53 bits per heavy atom. The van der Waals surface area contributed by atoms with E-state index < -0.39 is 6.10 Å². The maximum absolute atomic E-state index is 12.5. The summed E-state index contributed by atoms with van der Waals surface area (Å²) in [6.07, 6.45) is 3.29. The second-order valence-corrected chi connectivity index (χ2v) is 5.38. The van der Waals surface area contributed by atoms with Crippen LogP contribution in [0.5, 0.6) is 0 Å². The second kappa shape index (κ2) is 5.74. The monoisotopic (exact) mass is 266 g/mol. The van der Waals surface area contributed by atoms with Crippen LogP contribution in [0.3, 0.4) is 0 Å². The number of hydrogen-bond acceptors (Lipinski definition) is 4. The van der Waals surface area contributed by atoms with Crippen LogP contribution in [-0.4, -0.2) is 39.6 Å². The molecule has 19 heavy (non-hydrogen) atoms. The van der Waals surface area contributed by atoms with Crippen molar-refractivity contribution in [1.82, 2.24) is 9.88 Å². The number of aromatic nitrogens is 1. The minimum Gasteiger partial charge on any atom is -0.436 e. The first-order chi connectivity index (χ1) is 8.99. The molecule has 0 aromatic carbocycles. The summed E-state index contributed by atoms with van der Waals surface area (Å²) in [4.78, 5) is 18.5. The molecule has 2 unspecified atom stereocenters. The highest BCUT2D eigenvalue weighted by molar-refractivity contribution is 5.92. The Balaban J connectivity index is 2.17. The molecule has 2 atom stereocenters. The molecule has 1 aromatic rings. The fraction of sp³-hybridized carbons (Fsp3) is 0.714. The average molecular weight is 266 g/mol. The zero-order chi connectivity index (χ0) is 14.0. The fourth-order valence-corrected chi connectivity index (χ4v) is 2.77. The Bertz CT molecular complexity index is 454. The Hall–Kier alpha value is -1.36. The standard InChI is InChI=1S/C14H22N2O3/c1-9(17)8-12-6-4-5-7-16(12)14(18)13-10(2)15-11(3)19-13/h9,12,17H,4-8H2,1-3H3. The van der Waals surface area contributed by atoms with Crippen molar-refractivity contribution in [2.24, 2.45) is 0 Å². The van der Waals surface area contributed by atoms with E-state index in [0.29, 0.717) is 23.8 Å². The number of carbonyl (C=O) groups is 1. The molecule has 1 aromatic heterocycles. The molecule has 2 heterocycles. The van der Waals surface area contributed by atoms with Crippen molar-refractivity contribution in [3.05, 3.63) is 17.3 Å². The zero-order valence-corrected chi connectivity index (χ0v) is 11.8. The van der Waals surface area contributed by atoms with E-state index in [4.69, 9.17) is 4.42 Å². The van der Waals surface area contributed by atoms with Crippen molar-refractivity contribution < 1.29 is 14.3 Å². The van der Waals surface area contributed by atoms with Crippen LogP contribution in [0.1, 0.15) is 54.7 Å². The van der Waals surface area contributed by atoms with Crippen LogP contribution in [0, 0.1) is 13.8 Å². The normalized spacial score (nSPS) is 21.5. The van der Waals surface area contributed by atoms with Crippen molar-refractivity contribution in [1.29, 1.82) is 0 Å². The minimum atomic E-state index is -0.393. The molecular formula is C14H22N2O3. The number of nitrogens with zero attached hydrogens (tertiary/aromatic N) is 2. The molecule has 2 rings (SSSR count). The molecule has 0 bridgehead atoms. The van der Waals surface area contributed by atoms with Crippen LogP contribution in [-0.2, 0) is 0 Å². The molecule has 5 nitrogen and oxygen atoms in total. The highest BCUT2D eigenvalue weighted by Gasteiger charge is 2.31. The molecule has 0 spiro atoms. The van der Waals surface area contributed by atoms with Gasteiger partial charge in [0, 0.05) is 19.5 Å². The van der Waals surface area contributed by atoms with Crippen molar-refractivity contribution in [3.8, 4) is 0 Å². The SMILES string of the molecule is Cc1nc(C)c(C(=O)N2CCCCC2CC(C)O)o1. The van der Waals surface area contributed by atoms with Gasteiger partial charge in [-0.2, -0.15) is 0 Å². The van der Waals surface area contributed by atoms with E-state index in [1.165, 1.54) is 0 Å². The first kappa shape index (κ1) is 14.1. The summed E-state index contributed by atoms with van der Waals surface area (Å²) in [6.45, 7) is 6.03. The Morgan fingerprint density at radius 3 is 2.84 bits per heavy atom. The number of carbonyl (C=O) groups excluding carboxylic acids is 1. The van der Waals surface area contributed by atoms with Crippen molar-refractivity contribution in [2.75, 3.05) is 6.54 Å². The van der Waals surface area contributed by atoms with Crippen LogP contribution in [0.4, 0.5) is 0 Å². The van der Waals surface area contributed by atoms with Crippen LogP contribution >= 0.6 is 0 Å². The summed E-state index contributed by atoms with van der Waals surface area (Å²) >= 11 is 0. The van der Waals surface area contributed by atoms with Gasteiger partial charge in [0.05, 0.1) is 11.8 Å². The van der Waals surface area contributed by atoms with E-state index in [2.05, 4.69) is 4.98 Å². The Kier molecular flexibility index (Phi) is 4.24. The van der Waals surface area contributed by atoms with Gasteiger partial charge in [-0.1, -0.05) is 0 Å². The third-order valence-electron chi connectivity index (χ3n) is 3.60. The summed E-state index contributed by atoms with van der Waals surface area (Å²) in [5.74, 6) is 0.767. The third-order valence-corrected chi connectivity index (χ3v) is 3.60. The van der Waals surface area contributed by atoms with Gasteiger partial charge in [-0.15, -0.1) is 0 Å². The smallest absolute Gasteiger partial charge is 0.291 e. The van der Waals surface area contributed by atoms with Crippen molar-refractivity contribution in [3.63, 3.8) is 0 Å². The lowest BCUT2D eigenvalue weighted by Gasteiger charge is -2.36. The maximum atomic E-state index is 12.5. The molecule has 1 amide bonds. The van der Waals surface area contributed by atoms with Crippen LogP contribution < -0.4 is 0 Å². The van der Waals surface area contributed by atoms with E-state index in [1.807, 2.05) is 4.90 Å². The number of aliphatic hydroxyl groups is 1. The van der Waals surface area contributed by atoms with Gasteiger partial charge in [-0.25, -0.2) is 4.98 Å². The molecule has 0 saturated carbocycles. The summed E-state index contributed by atoms with van der Waals surface area (Å²) in [5.41, 5.74) is 0.642. The number of likely N-dealkylation sites (tertiary alicyclic amines) is 1. The quantitative estimate of drug-likeness (QED) is 0.909. The summed E-state index contributed by atoms with van der Waals surface area (Å²) < 4.78 is 5.42. The maximum Gasteiger partial charge on any atom is 0.291 e. The minimum absolute atomic E-state index is 0.0940. The van der Waals surface area contributed by atoms with Crippen LogP contribution in [0.15, 0.2) is 4.42 Å². The number of aryl methyl sites for hydroxylation is 2. The number of amides is 1. The number of oxazole rings is 1. The Morgan fingerprint density at radius 2 is 2.26 bits per heavy atom. The molecule has 1 saturated heterocycles. The Labute approximate surface area is 113 Å². The molecule has 1 N–H and O–H groups in total. The molecule has 0 aliphatic carbocycles. The average Bonchev–Trinajstić information content (AvgIpc) is 2.67. The molecular weight excluding hydrogens is 244 g/mol. The summed E-state index contributed by atoms with van der Waals surface area (Å²) in [6, 6.07) is 0.103. The first-order valence-electron chi connectivity index (χ1n) is 6.92. The second-order valence-electron chi connectivity index (χ2n) is 5.38. The molecule has 1 fully saturated rings. The highest BCUT2D eigenvalue weighted by Crippen LogP contribution is 2.24. The highest BCUT2D eigenvalue weighted by atomic mass is 16.4. The molecule has 1 aliphatic rings. The van der Waals surface area contributed by atoms with E-state index in [9.17, 15) is 9.90 Å². The summed E-state index contributed by atoms with van der Waals surface area (Å²) in [7, 11) is 0.